The summed E-state index contributed by atoms with van der Waals surface area (Å²) >= 11 is 6.35. The predicted octanol–water partition coefficient (Wildman–Crippen LogP) is 4.65. The highest BCUT2D eigenvalue weighted by Crippen LogP contribution is 2.54. The van der Waals surface area contributed by atoms with Gasteiger partial charge in [-0.25, -0.2) is 4.90 Å². The van der Waals surface area contributed by atoms with Gasteiger partial charge in [0.1, 0.15) is 6.04 Å². The maximum Gasteiger partial charge on any atom is 0.270 e. The number of benzene rings is 3. The average Bonchev–Trinajstić information content (AvgIpc) is 3.36. The molecule has 3 aromatic rings. The van der Waals surface area contributed by atoms with Crippen molar-refractivity contribution >= 4 is 46.6 Å². The molecule has 3 aliphatic rings. The topological polar surface area (TPSA) is 101 Å². The Labute approximate surface area is 210 Å². The van der Waals surface area contributed by atoms with Gasteiger partial charge in [-0.05, 0) is 29.3 Å². The minimum atomic E-state index is -1.02. The second-order valence-corrected chi connectivity index (χ2v) is 9.38. The van der Waals surface area contributed by atoms with Gasteiger partial charge < -0.3 is 4.90 Å². The number of Topliss-reactive ketones (excluding diaryl/α,β-unsaturated/α-hetero) is 1. The number of carbonyl (C=O) groups excluding carboxylic acids is 3. The van der Waals surface area contributed by atoms with Crippen LogP contribution in [0.2, 0.25) is 5.02 Å². The van der Waals surface area contributed by atoms with E-state index < -0.39 is 46.4 Å². The summed E-state index contributed by atoms with van der Waals surface area (Å²) in [5.74, 6) is -3.20. The van der Waals surface area contributed by atoms with Gasteiger partial charge in [-0.3, -0.25) is 24.5 Å². The van der Waals surface area contributed by atoms with E-state index >= 15 is 0 Å². The Bertz CT molecular complexity index is 1500. The van der Waals surface area contributed by atoms with Crippen molar-refractivity contribution in [1.29, 1.82) is 0 Å². The van der Waals surface area contributed by atoms with E-state index in [-0.39, 0.29) is 22.0 Å². The van der Waals surface area contributed by atoms with Crippen LogP contribution in [0.4, 0.5) is 11.4 Å². The first-order valence-corrected chi connectivity index (χ1v) is 11.7. The van der Waals surface area contributed by atoms with Gasteiger partial charge in [0.15, 0.2) is 5.78 Å². The Balaban J connectivity index is 1.51. The molecule has 0 aliphatic carbocycles. The Morgan fingerprint density at radius 3 is 2.42 bits per heavy atom. The second-order valence-electron chi connectivity index (χ2n) is 8.97. The molecule has 4 atom stereocenters. The zero-order valence-corrected chi connectivity index (χ0v) is 19.4. The maximum absolute atomic E-state index is 13.9. The summed E-state index contributed by atoms with van der Waals surface area (Å²) in [5.41, 5.74) is 1.90. The van der Waals surface area contributed by atoms with Gasteiger partial charge in [0, 0.05) is 23.9 Å². The zero-order chi connectivity index (χ0) is 25.1. The van der Waals surface area contributed by atoms with Crippen LogP contribution in [-0.2, 0) is 9.59 Å². The number of non-ortho nitro benzene ring substituents is 1. The van der Waals surface area contributed by atoms with E-state index in [1.54, 1.807) is 35.4 Å². The molecule has 0 bridgehead atoms. The largest absolute Gasteiger partial charge is 0.358 e. The number of para-hydroxylation sites is 1. The standard InChI is InChI=1S/C27H18ClN3O5/c28-19-10-3-4-11-20(19)30-26(33)21-22(27(30)34)24(25(32)16-7-5-8-17(14-16)31(35)36)29-13-12-15-6-1-2-9-18(15)23(21)29/h1-14,21-24H/t21-,22+,23-,24-/m0/s1. The Morgan fingerprint density at radius 2 is 1.64 bits per heavy atom. The molecule has 0 saturated carbocycles. The molecule has 3 aliphatic heterocycles. The molecule has 0 radical (unpaired) electrons. The number of nitrogens with zero attached hydrogens (tertiary/aromatic N) is 3. The molecule has 9 heteroatoms. The summed E-state index contributed by atoms with van der Waals surface area (Å²) in [6, 6.07) is 18.0. The summed E-state index contributed by atoms with van der Waals surface area (Å²) in [4.78, 5) is 55.2. The van der Waals surface area contributed by atoms with Gasteiger partial charge >= 0.3 is 0 Å². The molecular formula is C27H18ClN3O5. The van der Waals surface area contributed by atoms with Crippen molar-refractivity contribution in [3.8, 4) is 0 Å². The molecule has 8 nitrogen and oxygen atoms in total. The number of halogens is 1. The third-order valence-corrected chi connectivity index (χ3v) is 7.48. The third kappa shape index (κ3) is 3.11. The smallest absolute Gasteiger partial charge is 0.270 e. The predicted molar refractivity (Wildman–Crippen MR) is 132 cm³/mol. The SMILES string of the molecule is O=C(c1cccc([N+](=O)[O-])c1)[C@@H]1[C@@H]2C(=O)N(c3ccccc3Cl)C(=O)[C@@H]2[C@@H]2c3ccccc3C=CN12. The van der Waals surface area contributed by atoms with E-state index in [1.165, 1.54) is 24.3 Å². The highest BCUT2D eigenvalue weighted by Gasteiger charge is 2.64. The first-order chi connectivity index (χ1) is 17.4. The van der Waals surface area contributed by atoms with E-state index in [2.05, 4.69) is 0 Å². The van der Waals surface area contributed by atoms with Gasteiger partial charge in [0.25, 0.3) is 5.69 Å². The van der Waals surface area contributed by atoms with Crippen LogP contribution in [0.1, 0.15) is 27.5 Å². The van der Waals surface area contributed by atoms with Crippen LogP contribution in [-0.4, -0.2) is 33.5 Å². The summed E-state index contributed by atoms with van der Waals surface area (Å²) < 4.78 is 0. The van der Waals surface area contributed by atoms with Crippen LogP contribution < -0.4 is 4.90 Å². The Morgan fingerprint density at radius 1 is 0.917 bits per heavy atom. The second kappa shape index (κ2) is 8.13. The van der Waals surface area contributed by atoms with Crippen LogP contribution in [0.25, 0.3) is 6.08 Å². The third-order valence-electron chi connectivity index (χ3n) is 7.17. The number of ketones is 1. The van der Waals surface area contributed by atoms with Crippen molar-refractivity contribution in [2.24, 2.45) is 11.8 Å². The molecule has 6 rings (SSSR count). The van der Waals surface area contributed by atoms with Crippen molar-refractivity contribution in [2.75, 3.05) is 4.90 Å². The monoisotopic (exact) mass is 499 g/mol. The fraction of sp³-hybridized carbons (Fsp3) is 0.148. The number of anilines is 1. The molecule has 0 unspecified atom stereocenters. The summed E-state index contributed by atoms with van der Waals surface area (Å²) in [5, 5.41) is 11.6. The van der Waals surface area contributed by atoms with Crippen molar-refractivity contribution in [1.82, 2.24) is 4.90 Å². The number of nitro groups is 1. The minimum absolute atomic E-state index is 0.109. The molecule has 36 heavy (non-hydrogen) atoms. The molecule has 3 heterocycles. The molecule has 178 valence electrons. The molecule has 0 spiro atoms. The fourth-order valence-electron chi connectivity index (χ4n) is 5.67. The molecule has 2 saturated heterocycles. The number of nitro benzene ring substituents is 1. The van der Waals surface area contributed by atoms with Crippen molar-refractivity contribution in [2.45, 2.75) is 12.1 Å². The lowest BCUT2D eigenvalue weighted by atomic mass is 9.83. The first kappa shape index (κ1) is 22.2. The van der Waals surface area contributed by atoms with E-state index in [0.717, 1.165) is 16.0 Å². The highest BCUT2D eigenvalue weighted by atomic mass is 35.5. The molecule has 0 aromatic heterocycles. The number of fused-ring (bicyclic) bond motifs is 5. The Kier molecular flexibility index (Phi) is 5.01. The fourth-order valence-corrected chi connectivity index (χ4v) is 5.89. The van der Waals surface area contributed by atoms with Crippen LogP contribution in [0.15, 0.2) is 79.0 Å². The molecule has 2 amide bonds. The van der Waals surface area contributed by atoms with Crippen LogP contribution in [0.5, 0.6) is 0 Å². The minimum Gasteiger partial charge on any atom is -0.358 e. The first-order valence-electron chi connectivity index (χ1n) is 11.3. The number of amides is 2. The lowest BCUT2D eigenvalue weighted by Gasteiger charge is -2.35. The number of rotatable bonds is 4. The molecule has 2 fully saturated rings. The highest BCUT2D eigenvalue weighted by molar-refractivity contribution is 6.36. The molecule has 3 aromatic carbocycles. The Hall–Kier alpha value is -4.30. The van der Waals surface area contributed by atoms with Gasteiger partial charge in [-0.2, -0.15) is 0 Å². The van der Waals surface area contributed by atoms with Crippen LogP contribution in [0, 0.1) is 22.0 Å². The van der Waals surface area contributed by atoms with Crippen molar-refractivity contribution in [3.05, 3.63) is 111 Å². The van der Waals surface area contributed by atoms with Crippen LogP contribution in [0.3, 0.4) is 0 Å². The van der Waals surface area contributed by atoms with Gasteiger partial charge in [-0.15, -0.1) is 0 Å². The molecular weight excluding hydrogens is 482 g/mol. The van der Waals surface area contributed by atoms with Crippen molar-refractivity contribution in [3.63, 3.8) is 0 Å². The average molecular weight is 500 g/mol. The lowest BCUT2D eigenvalue weighted by molar-refractivity contribution is -0.384. The zero-order valence-electron chi connectivity index (χ0n) is 18.7. The number of carbonyl (C=O) groups is 3. The summed E-state index contributed by atoms with van der Waals surface area (Å²) in [7, 11) is 0. The van der Waals surface area contributed by atoms with Gasteiger partial charge in [0.05, 0.1) is 33.5 Å². The van der Waals surface area contributed by atoms with Gasteiger partial charge in [-0.1, -0.05) is 60.1 Å². The number of hydrogen-bond acceptors (Lipinski definition) is 6. The lowest BCUT2D eigenvalue weighted by Crippen LogP contribution is -2.44. The van der Waals surface area contributed by atoms with E-state index in [9.17, 15) is 24.5 Å². The van der Waals surface area contributed by atoms with Crippen molar-refractivity contribution < 1.29 is 19.3 Å². The summed E-state index contributed by atoms with van der Waals surface area (Å²) in [6.45, 7) is 0. The van der Waals surface area contributed by atoms with Gasteiger partial charge in [0.2, 0.25) is 11.8 Å². The van der Waals surface area contributed by atoms with E-state index in [0.29, 0.717) is 0 Å². The normalized spacial score (nSPS) is 23.9. The van der Waals surface area contributed by atoms with Crippen LogP contribution >= 0.6 is 11.6 Å². The van der Waals surface area contributed by atoms with E-state index in [1.807, 2.05) is 30.3 Å². The summed E-state index contributed by atoms with van der Waals surface area (Å²) in [6.07, 6.45) is 3.59. The maximum atomic E-state index is 13.9. The molecule has 0 N–H and O–H groups in total. The van der Waals surface area contributed by atoms with E-state index in [4.69, 9.17) is 11.6 Å². The number of imide groups is 1. The number of hydrogen-bond donors (Lipinski definition) is 0. The quantitative estimate of drug-likeness (QED) is 0.224.